The lowest BCUT2D eigenvalue weighted by Gasteiger charge is -2.25. The molecule has 0 saturated carbocycles. The Morgan fingerprint density at radius 3 is 2.37 bits per heavy atom. The average Bonchev–Trinajstić information content (AvgIpc) is 2.75. The van der Waals surface area contributed by atoms with Crippen LogP contribution in [-0.2, 0) is 6.18 Å². The molecule has 1 atom stereocenters. The molecule has 3 aromatic rings. The van der Waals surface area contributed by atoms with Crippen molar-refractivity contribution in [3.05, 3.63) is 89.7 Å². The van der Waals surface area contributed by atoms with Crippen LogP contribution in [0.3, 0.4) is 0 Å². The Labute approximate surface area is 171 Å². The van der Waals surface area contributed by atoms with Gasteiger partial charge >= 0.3 is 6.18 Å². The van der Waals surface area contributed by atoms with Gasteiger partial charge in [0.1, 0.15) is 17.2 Å². The van der Waals surface area contributed by atoms with Gasteiger partial charge in [-0.2, -0.15) is 13.2 Å². The zero-order chi connectivity index (χ0) is 21.6. The third-order valence-electron chi connectivity index (χ3n) is 4.33. The van der Waals surface area contributed by atoms with Crippen molar-refractivity contribution >= 4 is 5.91 Å². The number of rotatable bonds is 2. The number of carbonyl (C=O) groups excluding carboxylic acids is 1. The van der Waals surface area contributed by atoms with Crippen LogP contribution in [0.4, 0.5) is 13.2 Å². The maximum absolute atomic E-state index is 12.2. The normalized spacial score (nSPS) is 15.1. The largest absolute Gasteiger partial charge is 0.508 e. The number of pyridine rings is 1. The van der Waals surface area contributed by atoms with Crippen molar-refractivity contribution in [1.82, 2.24) is 10.3 Å². The fourth-order valence-electron chi connectivity index (χ4n) is 2.83. The van der Waals surface area contributed by atoms with E-state index in [0.717, 1.165) is 23.6 Å². The molecule has 4 rings (SSSR count). The lowest BCUT2D eigenvalue weighted by molar-refractivity contribution is -0.137. The number of phenolic OH excluding ortho intramolecular Hbond substituents is 1. The van der Waals surface area contributed by atoms with Crippen molar-refractivity contribution in [2.24, 2.45) is 0 Å². The van der Waals surface area contributed by atoms with E-state index in [1.165, 1.54) is 24.3 Å². The van der Waals surface area contributed by atoms with Crippen molar-refractivity contribution in [2.75, 3.05) is 6.61 Å². The number of halogens is 3. The van der Waals surface area contributed by atoms with Gasteiger partial charge in [0.25, 0.3) is 5.91 Å². The summed E-state index contributed by atoms with van der Waals surface area (Å²) in [5.41, 5.74) is 0.660. The Bertz CT molecular complexity index is 977. The van der Waals surface area contributed by atoms with E-state index >= 15 is 0 Å². The zero-order valence-electron chi connectivity index (χ0n) is 15.8. The maximum Gasteiger partial charge on any atom is 0.416 e. The van der Waals surface area contributed by atoms with E-state index in [2.05, 4.69) is 10.3 Å². The number of phenols is 1. The van der Waals surface area contributed by atoms with Gasteiger partial charge in [-0.15, -0.1) is 0 Å². The van der Waals surface area contributed by atoms with Gasteiger partial charge in [-0.1, -0.05) is 30.3 Å². The summed E-state index contributed by atoms with van der Waals surface area (Å²) in [6.45, 7) is 0.555. The Morgan fingerprint density at radius 1 is 1.03 bits per heavy atom. The van der Waals surface area contributed by atoms with Crippen LogP contribution in [0.2, 0.25) is 0 Å². The molecule has 1 aliphatic heterocycles. The van der Waals surface area contributed by atoms with Crippen LogP contribution in [0.15, 0.2) is 72.9 Å². The molecule has 1 unspecified atom stereocenters. The quantitative estimate of drug-likeness (QED) is 0.633. The Kier molecular flexibility index (Phi) is 6.56. The molecule has 2 heterocycles. The van der Waals surface area contributed by atoms with Crippen LogP contribution in [-0.4, -0.2) is 22.6 Å². The van der Waals surface area contributed by atoms with Crippen LogP contribution >= 0.6 is 0 Å². The molecule has 0 aliphatic carbocycles. The first-order valence-electron chi connectivity index (χ1n) is 9.14. The van der Waals surface area contributed by atoms with E-state index in [9.17, 15) is 23.1 Å². The molecule has 1 aromatic heterocycles. The molecule has 0 radical (unpaired) electrons. The molecule has 0 spiro atoms. The molecule has 0 saturated heterocycles. The van der Waals surface area contributed by atoms with Crippen molar-refractivity contribution in [3.8, 4) is 11.5 Å². The van der Waals surface area contributed by atoms with E-state index < -0.39 is 11.7 Å². The molecule has 30 heavy (non-hydrogen) atoms. The Hall–Kier alpha value is -3.55. The molecular weight excluding hydrogens is 397 g/mol. The van der Waals surface area contributed by atoms with E-state index in [4.69, 9.17) is 4.74 Å². The minimum atomic E-state index is -4.21. The monoisotopic (exact) mass is 416 g/mol. The lowest BCUT2D eigenvalue weighted by atomic mass is 10.1. The van der Waals surface area contributed by atoms with Gasteiger partial charge in [0.2, 0.25) is 0 Å². The fraction of sp³-hybridized carbons (Fsp3) is 0.182. The molecule has 156 valence electrons. The van der Waals surface area contributed by atoms with Crippen molar-refractivity contribution in [1.29, 1.82) is 0 Å². The maximum atomic E-state index is 12.2. The summed E-state index contributed by atoms with van der Waals surface area (Å²) in [4.78, 5) is 16.5. The summed E-state index contributed by atoms with van der Waals surface area (Å²) in [6.07, 6.45) is -1.83. The number of ether oxygens (including phenoxy) is 1. The number of amides is 1. The second-order valence-corrected chi connectivity index (χ2v) is 6.46. The highest BCUT2D eigenvalue weighted by molar-refractivity contribution is 5.94. The Balaban J connectivity index is 0.000000216. The molecule has 5 nitrogen and oxygen atoms in total. The number of benzene rings is 2. The van der Waals surface area contributed by atoms with Crippen LogP contribution in [0.1, 0.15) is 34.1 Å². The second-order valence-electron chi connectivity index (χ2n) is 6.46. The number of fused-ring (bicyclic) bond motifs is 1. The number of alkyl halides is 3. The first kappa shape index (κ1) is 21.2. The zero-order valence-corrected chi connectivity index (χ0v) is 15.8. The number of nitrogens with one attached hydrogen (secondary N) is 1. The van der Waals surface area contributed by atoms with Crippen molar-refractivity contribution in [3.63, 3.8) is 0 Å². The summed E-state index contributed by atoms with van der Waals surface area (Å²) in [5.74, 6) is 0.669. The van der Waals surface area contributed by atoms with Crippen LogP contribution in [0, 0.1) is 0 Å². The molecule has 0 fully saturated rings. The molecule has 1 aliphatic rings. The van der Waals surface area contributed by atoms with E-state index in [1.54, 1.807) is 24.4 Å². The average molecular weight is 416 g/mol. The van der Waals surface area contributed by atoms with Crippen LogP contribution < -0.4 is 10.1 Å². The highest BCUT2D eigenvalue weighted by Crippen LogP contribution is 2.30. The Morgan fingerprint density at radius 2 is 1.73 bits per heavy atom. The van der Waals surface area contributed by atoms with Crippen LogP contribution in [0.25, 0.3) is 0 Å². The molecule has 0 bridgehead atoms. The summed E-state index contributed by atoms with van der Waals surface area (Å²) in [7, 11) is 0. The van der Waals surface area contributed by atoms with Gasteiger partial charge in [-0.3, -0.25) is 9.78 Å². The summed E-state index contributed by atoms with van der Waals surface area (Å²) >= 11 is 0. The highest BCUT2D eigenvalue weighted by Gasteiger charge is 2.29. The number of hydrogen-bond acceptors (Lipinski definition) is 4. The minimum absolute atomic E-state index is 0.139. The number of aromatic nitrogens is 1. The van der Waals surface area contributed by atoms with E-state index in [1.807, 2.05) is 12.1 Å². The van der Waals surface area contributed by atoms with Crippen molar-refractivity contribution < 1.29 is 27.8 Å². The summed E-state index contributed by atoms with van der Waals surface area (Å²) in [5, 5.41) is 12.2. The SMILES string of the molecule is FC(F)(F)c1ccccc1.O=C(NC1CCOc2cccnc21)c1ccc(O)cc1. The standard InChI is InChI=1S/C15H14N2O3.C7H5F3/c18-11-5-3-10(4-6-11)15(19)17-12-7-9-20-13-2-1-8-16-14(12)13;8-7(9,10)6-4-2-1-3-5-6/h1-6,8,12,18H,7,9H2,(H,17,19);1-5H. The van der Waals surface area contributed by atoms with Crippen LogP contribution in [0.5, 0.6) is 11.5 Å². The summed E-state index contributed by atoms with van der Waals surface area (Å²) in [6, 6.07) is 16.0. The molecule has 1 amide bonds. The number of carbonyl (C=O) groups is 1. The van der Waals surface area contributed by atoms with Gasteiger partial charge in [0.15, 0.2) is 0 Å². The first-order chi connectivity index (χ1) is 14.3. The lowest BCUT2D eigenvalue weighted by Crippen LogP contribution is -2.32. The molecule has 2 aromatic carbocycles. The topological polar surface area (TPSA) is 71.5 Å². The molecular formula is C22H19F3N2O3. The van der Waals surface area contributed by atoms with Gasteiger partial charge in [-0.05, 0) is 36.4 Å². The summed E-state index contributed by atoms with van der Waals surface area (Å²) < 4.78 is 40.9. The number of nitrogens with zero attached hydrogens (tertiary/aromatic N) is 1. The van der Waals surface area contributed by atoms with Gasteiger partial charge in [0.05, 0.1) is 18.2 Å². The molecule has 8 heteroatoms. The third kappa shape index (κ3) is 5.50. The fourth-order valence-corrected chi connectivity index (χ4v) is 2.83. The third-order valence-corrected chi connectivity index (χ3v) is 4.33. The van der Waals surface area contributed by atoms with E-state index in [0.29, 0.717) is 18.6 Å². The van der Waals surface area contributed by atoms with E-state index in [-0.39, 0.29) is 17.7 Å². The predicted octanol–water partition coefficient (Wildman–Crippen LogP) is 4.75. The molecule has 2 N–H and O–H groups in total. The highest BCUT2D eigenvalue weighted by atomic mass is 19.4. The first-order valence-corrected chi connectivity index (χ1v) is 9.14. The van der Waals surface area contributed by atoms with Gasteiger partial charge in [0, 0.05) is 18.2 Å². The number of hydrogen-bond donors (Lipinski definition) is 2. The smallest absolute Gasteiger partial charge is 0.416 e. The van der Waals surface area contributed by atoms with Gasteiger partial charge < -0.3 is 15.2 Å². The van der Waals surface area contributed by atoms with Gasteiger partial charge in [-0.25, -0.2) is 0 Å². The number of aromatic hydroxyl groups is 1. The van der Waals surface area contributed by atoms with Crippen molar-refractivity contribution in [2.45, 2.75) is 18.6 Å². The predicted molar refractivity (Wildman–Crippen MR) is 104 cm³/mol. The minimum Gasteiger partial charge on any atom is -0.508 e. The second kappa shape index (κ2) is 9.30.